The molecule has 252 valence electrons. The summed E-state index contributed by atoms with van der Waals surface area (Å²) in [5, 5.41) is 0. The molecule has 0 aromatic heterocycles. The second-order valence-corrected chi connectivity index (χ2v) is 14.7. The largest absolute Gasteiger partial charge is 0.345 e. The van der Waals surface area contributed by atoms with Gasteiger partial charge in [0.15, 0.2) is 0 Å². The first-order valence-electron chi connectivity index (χ1n) is 18.2. The van der Waals surface area contributed by atoms with Crippen LogP contribution in [0.15, 0.2) is 168 Å². The Balaban J connectivity index is 1.23. The minimum absolute atomic E-state index is 0.0565. The predicted octanol–water partition coefficient (Wildman–Crippen LogP) is 13.0. The molecule has 0 spiro atoms. The molecule has 3 aromatic rings. The summed E-state index contributed by atoms with van der Waals surface area (Å²) in [5.41, 5.74) is 13.5. The summed E-state index contributed by atoms with van der Waals surface area (Å²) in [4.78, 5) is 7.79. The summed E-state index contributed by atoms with van der Waals surface area (Å²) in [5.74, 6) is 0. The van der Waals surface area contributed by atoms with Gasteiger partial charge < -0.3 is 9.80 Å². The molecule has 7 rings (SSSR count). The molecule has 0 radical (unpaired) electrons. The zero-order valence-corrected chi connectivity index (χ0v) is 30.6. The second-order valence-electron chi connectivity index (χ2n) is 13.6. The third-order valence-corrected chi connectivity index (χ3v) is 11.7. The molecule has 1 unspecified atom stereocenters. The number of fused-ring (bicyclic) bond motifs is 3. The summed E-state index contributed by atoms with van der Waals surface area (Å²) in [6.07, 6.45) is 34.9. The van der Waals surface area contributed by atoms with Crippen LogP contribution in [0.1, 0.15) is 69.6 Å². The number of hydrogen-bond acceptors (Lipinski definition) is 3. The van der Waals surface area contributed by atoms with Gasteiger partial charge in [0.1, 0.15) is 0 Å². The van der Waals surface area contributed by atoms with Crippen molar-refractivity contribution in [2.75, 3.05) is 16.3 Å². The van der Waals surface area contributed by atoms with Crippen molar-refractivity contribution in [2.45, 2.75) is 69.7 Å². The Kier molecular flexibility index (Phi) is 10.1. The molecule has 0 bridgehead atoms. The van der Waals surface area contributed by atoms with E-state index in [9.17, 15) is 0 Å². The Hall–Kier alpha value is -4.73. The molecule has 3 aliphatic heterocycles. The molecule has 0 amide bonds. The van der Waals surface area contributed by atoms with E-state index in [4.69, 9.17) is 0 Å². The summed E-state index contributed by atoms with van der Waals surface area (Å²) in [6.45, 7) is 11.5. The fourth-order valence-corrected chi connectivity index (χ4v) is 8.75. The molecule has 3 heterocycles. The van der Waals surface area contributed by atoms with Gasteiger partial charge in [-0.05, 0) is 136 Å². The standard InChI is InChI=1S/C47H48N2S/c1-5-8-10-17-30-49-44-27-25-38(33-42(44)47(49,4)29-16-9-6-2)37-24-26-43-39(32-37)23-22-36(28-31-48(43)40-18-12-11-13-19-40)35(7-3)34-46-41-20-14-15-21-45(41)50-46/h5-12,14-15,17-18,20-22,24-27,30,32-34H,1,13,16,19,23,28-29,31H2,2-4H3/b9-6-,10-8-,30-17-,35-7+,36-22+,46-34-. The molecular weight excluding hydrogens is 625 g/mol. The van der Waals surface area contributed by atoms with E-state index in [0.717, 1.165) is 45.1 Å². The molecule has 2 nitrogen and oxygen atoms in total. The Labute approximate surface area is 304 Å². The summed E-state index contributed by atoms with van der Waals surface area (Å²) < 4.78 is 0. The molecule has 0 saturated heterocycles. The van der Waals surface area contributed by atoms with Gasteiger partial charge in [0, 0.05) is 50.7 Å². The van der Waals surface area contributed by atoms with E-state index >= 15 is 0 Å². The van der Waals surface area contributed by atoms with Crippen molar-refractivity contribution >= 4 is 28.0 Å². The molecule has 3 heteroatoms. The van der Waals surface area contributed by atoms with E-state index in [1.165, 1.54) is 65.8 Å². The fourth-order valence-electron chi connectivity index (χ4n) is 7.76. The molecule has 0 saturated carbocycles. The number of rotatable bonds is 10. The van der Waals surface area contributed by atoms with Gasteiger partial charge in [-0.25, -0.2) is 0 Å². The van der Waals surface area contributed by atoms with Gasteiger partial charge in [-0.2, -0.15) is 0 Å². The number of thioether (sulfide) groups is 1. The first-order chi connectivity index (χ1) is 24.5. The van der Waals surface area contributed by atoms with E-state index in [0.29, 0.717) is 0 Å². The summed E-state index contributed by atoms with van der Waals surface area (Å²) >= 11 is 1.89. The normalized spacial score (nSPS) is 22.0. The molecule has 50 heavy (non-hydrogen) atoms. The maximum atomic E-state index is 3.81. The van der Waals surface area contributed by atoms with Crippen molar-refractivity contribution in [1.29, 1.82) is 0 Å². The van der Waals surface area contributed by atoms with Crippen molar-refractivity contribution in [3.8, 4) is 11.1 Å². The molecule has 0 fully saturated rings. The monoisotopic (exact) mass is 672 g/mol. The van der Waals surface area contributed by atoms with E-state index in [1.54, 1.807) is 0 Å². The highest BCUT2D eigenvalue weighted by Crippen LogP contribution is 2.52. The van der Waals surface area contributed by atoms with E-state index < -0.39 is 0 Å². The van der Waals surface area contributed by atoms with E-state index in [2.05, 4.69) is 159 Å². The van der Waals surface area contributed by atoms with Crippen LogP contribution in [0, 0.1) is 0 Å². The third kappa shape index (κ3) is 6.60. The quantitative estimate of drug-likeness (QED) is 0.156. The van der Waals surface area contributed by atoms with Crippen LogP contribution < -0.4 is 9.80 Å². The SMILES string of the molecule is C=C/C=C\C=C/N1c2ccc(-c3ccc4c(c3)C/C=C(C(/C=C3\Sc5ccccc53)=C/C)\CCN4C3=CC=CCC3)cc2C1(C)CC/C=C\C. The van der Waals surface area contributed by atoms with Gasteiger partial charge in [0.2, 0.25) is 0 Å². The molecule has 4 aliphatic rings. The van der Waals surface area contributed by atoms with Crippen LogP contribution in [0.2, 0.25) is 0 Å². The first kappa shape index (κ1) is 33.8. The molecule has 1 atom stereocenters. The van der Waals surface area contributed by atoms with Crippen molar-refractivity contribution in [3.05, 3.63) is 180 Å². The summed E-state index contributed by atoms with van der Waals surface area (Å²) in [7, 11) is 0. The lowest BCUT2D eigenvalue weighted by atomic mass is 9.75. The highest BCUT2D eigenvalue weighted by molar-refractivity contribution is 8.10. The molecule has 1 aliphatic carbocycles. The van der Waals surface area contributed by atoms with Crippen LogP contribution in [0.25, 0.3) is 16.0 Å². The van der Waals surface area contributed by atoms with Crippen molar-refractivity contribution in [2.24, 2.45) is 0 Å². The maximum Gasteiger partial charge on any atom is 0.0692 e. The lowest BCUT2D eigenvalue weighted by Gasteiger charge is -2.52. The number of anilines is 2. The molecule has 3 aromatic carbocycles. The topological polar surface area (TPSA) is 6.48 Å². The average molecular weight is 673 g/mol. The lowest BCUT2D eigenvalue weighted by Crippen LogP contribution is -2.49. The zero-order valence-electron chi connectivity index (χ0n) is 29.7. The van der Waals surface area contributed by atoms with Crippen LogP contribution in [-0.4, -0.2) is 6.54 Å². The third-order valence-electron chi connectivity index (χ3n) is 10.6. The van der Waals surface area contributed by atoms with Gasteiger partial charge in [-0.3, -0.25) is 0 Å². The lowest BCUT2D eigenvalue weighted by molar-refractivity contribution is 0.402. The van der Waals surface area contributed by atoms with Gasteiger partial charge in [-0.15, -0.1) is 0 Å². The van der Waals surface area contributed by atoms with E-state index in [-0.39, 0.29) is 5.54 Å². The minimum Gasteiger partial charge on any atom is -0.345 e. The number of nitrogens with zero attached hydrogens (tertiary/aromatic N) is 2. The van der Waals surface area contributed by atoms with Gasteiger partial charge >= 0.3 is 0 Å². The summed E-state index contributed by atoms with van der Waals surface area (Å²) in [6, 6.07) is 23.0. The van der Waals surface area contributed by atoms with Crippen molar-refractivity contribution in [1.82, 2.24) is 0 Å². The molecule has 0 N–H and O–H groups in total. The number of benzene rings is 3. The highest BCUT2D eigenvalue weighted by atomic mass is 32.2. The van der Waals surface area contributed by atoms with Crippen molar-refractivity contribution in [3.63, 3.8) is 0 Å². The van der Waals surface area contributed by atoms with Crippen LogP contribution in [0.3, 0.4) is 0 Å². The van der Waals surface area contributed by atoms with Crippen molar-refractivity contribution < 1.29 is 0 Å². The first-order valence-corrected chi connectivity index (χ1v) is 19.0. The number of hydrogen-bond donors (Lipinski definition) is 0. The second kappa shape index (κ2) is 15.0. The van der Waals surface area contributed by atoms with Crippen LogP contribution in [0.5, 0.6) is 0 Å². The molecular formula is C47H48N2S. The van der Waals surface area contributed by atoms with Crippen LogP contribution in [0.4, 0.5) is 11.4 Å². The van der Waals surface area contributed by atoms with E-state index in [1.807, 2.05) is 30.0 Å². The maximum absolute atomic E-state index is 3.81. The minimum atomic E-state index is -0.0565. The van der Waals surface area contributed by atoms with Gasteiger partial charge in [0.25, 0.3) is 0 Å². The Morgan fingerprint density at radius 1 is 0.960 bits per heavy atom. The Bertz CT molecular complexity index is 2030. The van der Waals surface area contributed by atoms with Gasteiger partial charge in [0.05, 0.1) is 5.54 Å². The zero-order chi connectivity index (χ0) is 34.5. The highest BCUT2D eigenvalue weighted by Gasteiger charge is 2.44. The van der Waals surface area contributed by atoms with Crippen LogP contribution in [-0.2, 0) is 12.0 Å². The Morgan fingerprint density at radius 3 is 2.58 bits per heavy atom. The average Bonchev–Trinajstić information content (AvgIpc) is 3.13. The van der Waals surface area contributed by atoms with Crippen LogP contribution >= 0.6 is 11.8 Å². The Morgan fingerprint density at radius 2 is 1.80 bits per heavy atom. The van der Waals surface area contributed by atoms with Gasteiger partial charge in [-0.1, -0.05) is 103 Å². The fraction of sp³-hybridized carbons (Fsp3) is 0.234. The predicted molar refractivity (Wildman–Crippen MR) is 218 cm³/mol. The smallest absolute Gasteiger partial charge is 0.0692 e. The number of allylic oxidation sites excluding steroid dienone is 14.